The Morgan fingerprint density at radius 1 is 1.15 bits per heavy atom. The van der Waals surface area contributed by atoms with E-state index in [0.29, 0.717) is 12.5 Å². The molecule has 0 saturated heterocycles. The van der Waals surface area contributed by atoms with Crippen LogP contribution < -0.4 is 10.6 Å². The minimum atomic E-state index is -4.18. The Bertz CT molecular complexity index is 738. The maximum Gasteiger partial charge on any atom is 0.401 e. The molecule has 0 aliphatic rings. The number of alkyl halides is 3. The largest absolute Gasteiger partial charge is 0.401 e. The molecule has 142 valence electrons. The van der Waals surface area contributed by atoms with Crippen LogP contribution in [0.2, 0.25) is 0 Å². The van der Waals surface area contributed by atoms with E-state index < -0.39 is 12.7 Å². The molecule has 0 radical (unpaired) electrons. The van der Waals surface area contributed by atoms with Gasteiger partial charge in [-0.1, -0.05) is 42.5 Å². The van der Waals surface area contributed by atoms with Gasteiger partial charge in [0.2, 0.25) is 0 Å². The predicted octanol–water partition coefficient (Wildman–Crippen LogP) is 3.56. The van der Waals surface area contributed by atoms with E-state index in [0.717, 1.165) is 16.3 Å². The molecule has 0 bridgehead atoms. The molecule has 0 heterocycles. The van der Waals surface area contributed by atoms with Crippen molar-refractivity contribution < 1.29 is 13.2 Å². The van der Waals surface area contributed by atoms with Crippen molar-refractivity contribution in [3.05, 3.63) is 48.0 Å². The van der Waals surface area contributed by atoms with Gasteiger partial charge in [0.25, 0.3) is 0 Å². The van der Waals surface area contributed by atoms with Crippen LogP contribution >= 0.6 is 0 Å². The maximum absolute atomic E-state index is 12.3. The molecule has 0 saturated carbocycles. The lowest BCUT2D eigenvalue weighted by Crippen LogP contribution is -2.43. The molecule has 2 aromatic carbocycles. The van der Waals surface area contributed by atoms with Crippen molar-refractivity contribution >= 4 is 16.7 Å². The van der Waals surface area contributed by atoms with Crippen molar-refractivity contribution in [2.45, 2.75) is 19.1 Å². The van der Waals surface area contributed by atoms with Gasteiger partial charge in [-0.2, -0.15) is 13.2 Å². The number of nitrogens with one attached hydrogen (secondary N) is 2. The van der Waals surface area contributed by atoms with Crippen molar-refractivity contribution in [2.24, 2.45) is 4.99 Å². The van der Waals surface area contributed by atoms with Crippen molar-refractivity contribution in [3.63, 3.8) is 0 Å². The fourth-order valence-electron chi connectivity index (χ4n) is 2.86. The van der Waals surface area contributed by atoms with Gasteiger partial charge in [0.05, 0.1) is 12.6 Å². The third-order valence-electron chi connectivity index (χ3n) is 4.10. The van der Waals surface area contributed by atoms with Crippen molar-refractivity contribution in [1.82, 2.24) is 15.5 Å². The molecule has 0 spiro atoms. The van der Waals surface area contributed by atoms with Gasteiger partial charge in [-0.05, 0) is 30.3 Å². The Labute approximate surface area is 152 Å². The topological polar surface area (TPSA) is 39.7 Å². The van der Waals surface area contributed by atoms with Gasteiger partial charge in [0.15, 0.2) is 5.96 Å². The molecule has 7 heteroatoms. The lowest BCUT2D eigenvalue weighted by molar-refractivity contribution is -0.142. The molecule has 0 aromatic heterocycles. The molecule has 1 atom stereocenters. The molecule has 1 unspecified atom stereocenters. The molecule has 0 aliphatic carbocycles. The average Bonchev–Trinajstić information content (AvgIpc) is 2.58. The highest BCUT2D eigenvalue weighted by Crippen LogP contribution is 2.23. The summed E-state index contributed by atoms with van der Waals surface area (Å²) >= 11 is 0. The normalized spacial score (nSPS) is 13.9. The van der Waals surface area contributed by atoms with Gasteiger partial charge < -0.3 is 10.6 Å². The number of fused-ring (bicyclic) bond motifs is 1. The third-order valence-corrected chi connectivity index (χ3v) is 4.10. The molecule has 0 amide bonds. The Balaban J connectivity index is 1.93. The summed E-state index contributed by atoms with van der Waals surface area (Å²) in [6.45, 7) is 1.74. The number of nitrogens with zero attached hydrogens (tertiary/aromatic N) is 2. The number of benzene rings is 2. The van der Waals surface area contributed by atoms with Crippen molar-refractivity contribution in [3.8, 4) is 0 Å². The van der Waals surface area contributed by atoms with E-state index in [-0.39, 0.29) is 12.6 Å². The number of hydrogen-bond acceptors (Lipinski definition) is 2. The zero-order valence-electron chi connectivity index (χ0n) is 15.3. The number of hydrogen-bond donors (Lipinski definition) is 2. The van der Waals surface area contributed by atoms with Gasteiger partial charge in [-0.3, -0.25) is 9.89 Å². The summed E-state index contributed by atoms with van der Waals surface area (Å²) in [4.78, 5) is 5.39. The van der Waals surface area contributed by atoms with Crippen LogP contribution in [-0.4, -0.2) is 50.8 Å². The second-order valence-electron chi connectivity index (χ2n) is 6.29. The maximum atomic E-state index is 12.3. The minimum absolute atomic E-state index is 0.000190. The van der Waals surface area contributed by atoms with Crippen LogP contribution in [0.5, 0.6) is 0 Å². The Morgan fingerprint density at radius 2 is 1.85 bits per heavy atom. The molecule has 2 N–H and O–H groups in total. The lowest BCUT2D eigenvalue weighted by Gasteiger charge is -2.22. The fraction of sp³-hybridized carbons (Fsp3) is 0.421. The van der Waals surface area contributed by atoms with Crippen LogP contribution in [0.15, 0.2) is 47.5 Å². The van der Waals surface area contributed by atoms with Gasteiger partial charge in [0.1, 0.15) is 0 Å². The first-order valence-electron chi connectivity index (χ1n) is 8.50. The molecule has 2 aromatic rings. The van der Waals surface area contributed by atoms with E-state index in [1.54, 1.807) is 7.05 Å². The lowest BCUT2D eigenvalue weighted by atomic mass is 10.00. The van der Waals surface area contributed by atoms with Crippen LogP contribution in [0.3, 0.4) is 0 Å². The molecule has 26 heavy (non-hydrogen) atoms. The summed E-state index contributed by atoms with van der Waals surface area (Å²) in [5.74, 6) is 0.561. The molecule has 0 aliphatic heterocycles. The first-order chi connectivity index (χ1) is 12.3. The van der Waals surface area contributed by atoms with E-state index >= 15 is 0 Å². The van der Waals surface area contributed by atoms with Crippen molar-refractivity contribution in [2.75, 3.05) is 33.7 Å². The van der Waals surface area contributed by atoms with Crippen LogP contribution in [0, 0.1) is 0 Å². The Hall–Kier alpha value is -2.28. The molecular formula is C19H25F3N4. The molecule has 0 fully saturated rings. The van der Waals surface area contributed by atoms with Gasteiger partial charge >= 0.3 is 6.18 Å². The highest BCUT2D eigenvalue weighted by molar-refractivity contribution is 5.87. The quantitative estimate of drug-likeness (QED) is 0.607. The third kappa shape index (κ3) is 5.91. The molecule has 4 nitrogen and oxygen atoms in total. The number of guanidine groups is 1. The monoisotopic (exact) mass is 366 g/mol. The summed E-state index contributed by atoms with van der Waals surface area (Å²) in [5, 5.41) is 8.68. The highest BCUT2D eigenvalue weighted by atomic mass is 19.4. The first kappa shape index (κ1) is 20.0. The Morgan fingerprint density at radius 3 is 2.54 bits per heavy atom. The summed E-state index contributed by atoms with van der Waals surface area (Å²) in [7, 11) is 3.09. The Kier molecular flexibility index (Phi) is 6.85. The smallest absolute Gasteiger partial charge is 0.355 e. The minimum Gasteiger partial charge on any atom is -0.355 e. The number of likely N-dealkylation sites (N-methyl/N-ethyl adjacent to an activating group) is 1. The first-order valence-corrected chi connectivity index (χ1v) is 8.50. The standard InChI is InChI=1S/C19H25F3N4/c1-14(16-10-6-8-15-7-4-5-9-17(15)16)25-18(23-2)24-11-12-26(3)13-19(20,21)22/h4-10,14H,11-13H2,1-3H3,(H2,23,24,25). The summed E-state index contributed by atoms with van der Waals surface area (Å²) in [6.07, 6.45) is -4.18. The van der Waals surface area contributed by atoms with Gasteiger partial charge in [-0.25, -0.2) is 0 Å². The van der Waals surface area contributed by atoms with Gasteiger partial charge in [0, 0.05) is 20.1 Å². The van der Waals surface area contributed by atoms with Crippen molar-refractivity contribution in [1.29, 1.82) is 0 Å². The van der Waals surface area contributed by atoms with E-state index in [2.05, 4.69) is 39.9 Å². The van der Waals surface area contributed by atoms with Crippen LogP contribution in [0.1, 0.15) is 18.5 Å². The summed E-state index contributed by atoms with van der Waals surface area (Å²) in [5.41, 5.74) is 1.14. The fourth-order valence-corrected chi connectivity index (χ4v) is 2.86. The predicted molar refractivity (Wildman–Crippen MR) is 100 cm³/mol. The van der Waals surface area contributed by atoms with E-state index in [1.165, 1.54) is 11.9 Å². The molecule has 2 rings (SSSR count). The summed E-state index contributed by atoms with van der Waals surface area (Å²) in [6, 6.07) is 14.3. The SMILES string of the molecule is CN=C(NCCN(C)CC(F)(F)F)NC(C)c1cccc2ccccc12. The average molecular weight is 366 g/mol. The second-order valence-corrected chi connectivity index (χ2v) is 6.29. The van der Waals surface area contributed by atoms with E-state index in [9.17, 15) is 13.2 Å². The molecular weight excluding hydrogens is 341 g/mol. The van der Waals surface area contributed by atoms with E-state index in [1.807, 2.05) is 25.1 Å². The van der Waals surface area contributed by atoms with Gasteiger partial charge in [-0.15, -0.1) is 0 Å². The number of halogens is 3. The highest BCUT2D eigenvalue weighted by Gasteiger charge is 2.28. The number of rotatable bonds is 6. The summed E-state index contributed by atoms with van der Waals surface area (Å²) < 4.78 is 37.0. The van der Waals surface area contributed by atoms with Crippen LogP contribution in [-0.2, 0) is 0 Å². The van der Waals surface area contributed by atoms with E-state index in [4.69, 9.17) is 0 Å². The van der Waals surface area contributed by atoms with Crippen LogP contribution in [0.4, 0.5) is 13.2 Å². The van der Waals surface area contributed by atoms with Crippen LogP contribution in [0.25, 0.3) is 10.8 Å². The number of aliphatic imine (C=N–C) groups is 1. The zero-order valence-corrected chi connectivity index (χ0v) is 15.3. The second kappa shape index (κ2) is 8.89. The zero-order chi connectivity index (χ0) is 19.2.